The van der Waals surface area contributed by atoms with Crippen molar-refractivity contribution in [1.82, 2.24) is 0 Å². The fourth-order valence-corrected chi connectivity index (χ4v) is 11.7. The molecule has 2 heterocycles. The summed E-state index contributed by atoms with van der Waals surface area (Å²) in [6, 6.07) is 64.0. The molecule has 0 saturated carbocycles. The van der Waals surface area contributed by atoms with Crippen LogP contribution in [0.4, 0.5) is 34.1 Å². The summed E-state index contributed by atoms with van der Waals surface area (Å²) in [6.45, 7) is 28.5. The molecule has 0 unspecified atom stereocenters. The Morgan fingerprint density at radius 3 is 1.25 bits per heavy atom. The number of anilines is 6. The first-order valence-electron chi connectivity index (χ1n) is 26.6. The van der Waals surface area contributed by atoms with Crippen LogP contribution in [0.3, 0.4) is 0 Å². The first kappa shape index (κ1) is 46.8. The van der Waals surface area contributed by atoms with Crippen molar-refractivity contribution in [2.45, 2.75) is 130 Å². The number of hydrogen-bond donors (Lipinski definition) is 0. The maximum Gasteiger partial charge on any atom is 0.252 e. The molecule has 0 radical (unpaired) electrons. The predicted octanol–water partition coefficient (Wildman–Crippen LogP) is 17.6. The van der Waals surface area contributed by atoms with Crippen LogP contribution < -0.4 is 26.2 Å². The molecule has 0 bridgehead atoms. The van der Waals surface area contributed by atoms with Crippen LogP contribution >= 0.6 is 0 Å². The summed E-state index contributed by atoms with van der Waals surface area (Å²) in [6.07, 6.45) is 4.23. The maximum atomic E-state index is 2.66. The van der Waals surface area contributed by atoms with Crippen LogP contribution in [0.5, 0.6) is 0 Å². The van der Waals surface area contributed by atoms with Crippen molar-refractivity contribution < 1.29 is 0 Å². The molecule has 2 nitrogen and oxygen atoms in total. The summed E-state index contributed by atoms with van der Waals surface area (Å²) < 4.78 is 0. The number of fused-ring (bicyclic) bond motifs is 10. The predicted molar refractivity (Wildman–Crippen MR) is 312 cm³/mol. The summed E-state index contributed by atoms with van der Waals surface area (Å²) >= 11 is 0. The van der Waals surface area contributed by atoms with Gasteiger partial charge in [-0.2, -0.15) is 0 Å². The van der Waals surface area contributed by atoms with E-state index in [1.54, 1.807) is 0 Å². The third kappa shape index (κ3) is 7.35. The molecule has 0 N–H and O–H groups in total. The molecule has 0 aromatic heterocycles. The molecule has 71 heavy (non-hydrogen) atoms. The van der Waals surface area contributed by atoms with E-state index in [1.807, 2.05) is 0 Å². The average Bonchev–Trinajstić information content (AvgIpc) is 3.40. The van der Waals surface area contributed by atoms with Crippen molar-refractivity contribution in [3.63, 3.8) is 0 Å². The van der Waals surface area contributed by atoms with E-state index in [0.717, 1.165) is 25.7 Å². The van der Waals surface area contributed by atoms with Gasteiger partial charge in [0.15, 0.2) is 0 Å². The molecule has 9 aromatic carbocycles. The van der Waals surface area contributed by atoms with Crippen molar-refractivity contribution in [1.29, 1.82) is 0 Å². The molecule has 2 aliphatic rings. The third-order valence-corrected chi connectivity index (χ3v) is 18.1. The normalized spacial score (nSPS) is 13.8. The first-order valence-corrected chi connectivity index (χ1v) is 26.6. The Morgan fingerprint density at radius 2 is 0.732 bits per heavy atom. The highest BCUT2D eigenvalue weighted by Gasteiger charge is 2.45. The minimum absolute atomic E-state index is 0.00538. The van der Waals surface area contributed by atoms with Gasteiger partial charge in [-0.1, -0.05) is 198 Å². The average molecular weight is 927 g/mol. The van der Waals surface area contributed by atoms with E-state index in [0.29, 0.717) is 0 Å². The topological polar surface area (TPSA) is 6.48 Å². The van der Waals surface area contributed by atoms with E-state index < -0.39 is 0 Å². The van der Waals surface area contributed by atoms with E-state index in [9.17, 15) is 0 Å². The van der Waals surface area contributed by atoms with Gasteiger partial charge in [0.1, 0.15) is 0 Å². The van der Waals surface area contributed by atoms with Gasteiger partial charge in [-0.3, -0.25) is 0 Å². The Kier molecular flexibility index (Phi) is 11.2. The second-order valence-electron chi connectivity index (χ2n) is 23.4. The second-order valence-corrected chi connectivity index (χ2v) is 23.4. The Hall–Kier alpha value is -6.58. The Labute approximate surface area is 424 Å². The van der Waals surface area contributed by atoms with Crippen LogP contribution in [0.1, 0.15) is 131 Å². The lowest BCUT2D eigenvalue weighted by atomic mass is 9.33. The van der Waals surface area contributed by atoms with Crippen molar-refractivity contribution in [2.75, 3.05) is 9.80 Å². The largest absolute Gasteiger partial charge is 0.311 e. The van der Waals surface area contributed by atoms with Crippen LogP contribution in [0.15, 0.2) is 164 Å². The van der Waals surface area contributed by atoms with Gasteiger partial charge in [0.25, 0.3) is 6.71 Å². The van der Waals surface area contributed by atoms with Gasteiger partial charge in [-0.25, -0.2) is 0 Å². The molecule has 356 valence electrons. The zero-order valence-corrected chi connectivity index (χ0v) is 44.4. The number of hydrogen-bond acceptors (Lipinski definition) is 2. The number of rotatable bonds is 11. The standard InChI is InChI=1S/C68H71BN2/c1-13-65(5,6)44-31-36-48(37-32-44)70-59-39-34-46(67(9,10)15-3)42-56(59)69-57-43-47(68(11,12)16-4)35-40-60(57)71(62-30-22-29-61(70)64(62)69)58-38-33-45(66(7,8)14-2)41-55(58)54-28-21-27-53-51-24-18-17-23-49(51)50-25-19-20-26-52(50)63(53)54/h17-43H,13-16H2,1-12H3. The van der Waals surface area contributed by atoms with Crippen LogP contribution in [0.2, 0.25) is 0 Å². The molecule has 11 rings (SSSR count). The fourth-order valence-electron chi connectivity index (χ4n) is 11.7. The SMILES string of the molecule is CCC(C)(C)c1ccc(N2c3ccc(C(C)(C)CC)cc3B3c4cc(C(C)(C)CC)ccc4N(c4ccc(C(C)(C)CC)cc4-c4cccc5c6ccccc6c6ccccc6c45)c4cccc2c43)cc1. The first-order chi connectivity index (χ1) is 34.0. The summed E-state index contributed by atoms with van der Waals surface area (Å²) in [7, 11) is 0. The van der Waals surface area contributed by atoms with E-state index in [4.69, 9.17) is 0 Å². The maximum absolute atomic E-state index is 2.66. The minimum atomic E-state index is -0.0276. The van der Waals surface area contributed by atoms with Gasteiger partial charge in [0.05, 0.1) is 5.69 Å². The van der Waals surface area contributed by atoms with Gasteiger partial charge >= 0.3 is 0 Å². The molecule has 2 aliphatic heterocycles. The number of nitrogens with zero attached hydrogens (tertiary/aromatic N) is 2. The minimum Gasteiger partial charge on any atom is -0.311 e. The molecule has 0 fully saturated rings. The summed E-state index contributed by atoms with van der Waals surface area (Å²) in [4.78, 5) is 5.23. The Bertz CT molecular complexity index is 3510. The van der Waals surface area contributed by atoms with Crippen LogP contribution in [0.25, 0.3) is 43.4 Å². The summed E-state index contributed by atoms with van der Waals surface area (Å²) in [5.41, 5.74) is 19.6. The van der Waals surface area contributed by atoms with Crippen LogP contribution in [-0.2, 0) is 21.7 Å². The van der Waals surface area contributed by atoms with Crippen LogP contribution in [-0.4, -0.2) is 6.71 Å². The molecule has 9 aromatic rings. The van der Waals surface area contributed by atoms with E-state index in [1.165, 1.54) is 116 Å². The van der Waals surface area contributed by atoms with Crippen molar-refractivity contribution >= 4 is 89.5 Å². The van der Waals surface area contributed by atoms with Gasteiger partial charge in [-0.15, -0.1) is 0 Å². The highest BCUT2D eigenvalue weighted by molar-refractivity contribution is 7.00. The monoisotopic (exact) mass is 927 g/mol. The quantitative estimate of drug-likeness (QED) is 0.0942. The molecule has 0 spiro atoms. The Morgan fingerprint density at radius 1 is 0.338 bits per heavy atom. The van der Waals surface area contributed by atoms with Crippen LogP contribution in [0, 0.1) is 0 Å². The molecular formula is C68H71BN2. The van der Waals surface area contributed by atoms with E-state index in [2.05, 4.69) is 257 Å². The molecule has 0 saturated heterocycles. The summed E-state index contributed by atoms with van der Waals surface area (Å²) in [5.74, 6) is 0. The van der Waals surface area contributed by atoms with Gasteiger partial charge in [-0.05, 0) is 172 Å². The molecular weight excluding hydrogens is 856 g/mol. The van der Waals surface area contributed by atoms with Gasteiger partial charge in [0.2, 0.25) is 0 Å². The van der Waals surface area contributed by atoms with Crippen molar-refractivity contribution in [3.8, 4) is 11.1 Å². The lowest BCUT2D eigenvalue weighted by Crippen LogP contribution is -2.61. The van der Waals surface area contributed by atoms with E-state index >= 15 is 0 Å². The second kappa shape index (κ2) is 17.0. The third-order valence-electron chi connectivity index (χ3n) is 18.1. The lowest BCUT2D eigenvalue weighted by molar-refractivity contribution is 0.506. The van der Waals surface area contributed by atoms with Crippen molar-refractivity contribution in [2.24, 2.45) is 0 Å². The Balaban J connectivity index is 1.25. The molecule has 0 amide bonds. The van der Waals surface area contributed by atoms with Gasteiger partial charge in [0, 0.05) is 34.0 Å². The van der Waals surface area contributed by atoms with Gasteiger partial charge < -0.3 is 9.80 Å². The molecule has 0 atom stereocenters. The summed E-state index contributed by atoms with van der Waals surface area (Å²) in [5, 5.41) is 7.76. The molecule has 0 aliphatic carbocycles. The van der Waals surface area contributed by atoms with Crippen molar-refractivity contribution in [3.05, 3.63) is 186 Å². The number of benzene rings is 9. The fraction of sp³-hybridized carbons (Fsp3) is 0.294. The highest BCUT2D eigenvalue weighted by Crippen LogP contribution is 2.50. The lowest BCUT2D eigenvalue weighted by Gasteiger charge is -2.45. The highest BCUT2D eigenvalue weighted by atomic mass is 15.2. The molecule has 3 heteroatoms. The zero-order valence-electron chi connectivity index (χ0n) is 44.4. The van der Waals surface area contributed by atoms with E-state index in [-0.39, 0.29) is 28.4 Å². The smallest absolute Gasteiger partial charge is 0.252 e. The zero-order chi connectivity index (χ0) is 49.8.